The van der Waals surface area contributed by atoms with Crippen molar-refractivity contribution in [3.05, 3.63) is 81.4 Å². The second-order valence-electron chi connectivity index (χ2n) is 5.22. The molecule has 1 aliphatic rings. The highest BCUT2D eigenvalue weighted by molar-refractivity contribution is 6.46. The first-order valence-corrected chi connectivity index (χ1v) is 7.07. The zero-order valence-corrected chi connectivity index (χ0v) is 12.3. The number of carbonyl (C=O) groups is 2. The van der Waals surface area contributed by atoms with Crippen LogP contribution in [0.5, 0.6) is 0 Å². The maximum atomic E-state index is 12.2. The number of amides is 1. The molecule has 2 aromatic carbocycles. The molecule has 3 rings (SSSR count). The van der Waals surface area contributed by atoms with Gasteiger partial charge < -0.3 is 10.4 Å². The van der Waals surface area contributed by atoms with Crippen LogP contribution in [0.25, 0.3) is 5.76 Å². The zero-order valence-electron chi connectivity index (χ0n) is 12.3. The van der Waals surface area contributed by atoms with Crippen molar-refractivity contribution in [2.24, 2.45) is 0 Å². The van der Waals surface area contributed by atoms with E-state index in [1.165, 1.54) is 18.2 Å². The number of hydrogen-bond donors (Lipinski definition) is 2. The Morgan fingerprint density at radius 1 is 1.08 bits per heavy atom. The third kappa shape index (κ3) is 2.63. The molecular formula is C17H12N2O5. The summed E-state index contributed by atoms with van der Waals surface area (Å²) in [5, 5.41) is 23.8. The minimum absolute atomic E-state index is 0.119. The average Bonchev–Trinajstić information content (AvgIpc) is 2.90. The van der Waals surface area contributed by atoms with Crippen molar-refractivity contribution in [3.63, 3.8) is 0 Å². The summed E-state index contributed by atoms with van der Waals surface area (Å²) < 4.78 is 0. The molecule has 0 aromatic heterocycles. The van der Waals surface area contributed by atoms with Crippen LogP contribution in [-0.4, -0.2) is 21.7 Å². The van der Waals surface area contributed by atoms with Gasteiger partial charge in [-0.1, -0.05) is 42.5 Å². The monoisotopic (exact) mass is 324 g/mol. The predicted molar refractivity (Wildman–Crippen MR) is 85.0 cm³/mol. The van der Waals surface area contributed by atoms with E-state index in [0.29, 0.717) is 11.1 Å². The van der Waals surface area contributed by atoms with Gasteiger partial charge in [0.25, 0.3) is 17.4 Å². The lowest BCUT2D eigenvalue weighted by atomic mass is 9.95. The van der Waals surface area contributed by atoms with Gasteiger partial charge in [0.05, 0.1) is 16.5 Å². The molecule has 0 saturated carbocycles. The average molecular weight is 324 g/mol. The van der Waals surface area contributed by atoms with Crippen molar-refractivity contribution < 1.29 is 19.6 Å². The molecule has 0 aliphatic carbocycles. The van der Waals surface area contributed by atoms with Crippen LogP contribution in [0.15, 0.2) is 60.2 Å². The first-order valence-electron chi connectivity index (χ1n) is 7.07. The Bertz CT molecular complexity index is 874. The molecule has 0 spiro atoms. The predicted octanol–water partition coefficient (Wildman–Crippen LogP) is 2.30. The molecule has 1 fully saturated rings. The minimum Gasteiger partial charge on any atom is -0.507 e. The summed E-state index contributed by atoms with van der Waals surface area (Å²) in [6, 6.07) is 13.0. The summed E-state index contributed by atoms with van der Waals surface area (Å²) in [5.74, 6) is -2.03. The van der Waals surface area contributed by atoms with Crippen LogP contribution in [0.2, 0.25) is 0 Å². The quantitative estimate of drug-likeness (QED) is 0.296. The van der Waals surface area contributed by atoms with E-state index in [1.807, 2.05) is 0 Å². The molecule has 120 valence electrons. The van der Waals surface area contributed by atoms with E-state index < -0.39 is 22.7 Å². The van der Waals surface area contributed by atoms with Crippen molar-refractivity contribution in [1.29, 1.82) is 0 Å². The minimum atomic E-state index is -0.940. The van der Waals surface area contributed by atoms with Crippen molar-refractivity contribution in [2.75, 3.05) is 0 Å². The van der Waals surface area contributed by atoms with Gasteiger partial charge in [-0.15, -0.1) is 0 Å². The van der Waals surface area contributed by atoms with E-state index >= 15 is 0 Å². The molecule has 1 amide bonds. The van der Waals surface area contributed by atoms with Gasteiger partial charge in [-0.2, -0.15) is 0 Å². The number of aliphatic hydroxyl groups is 1. The Balaban J connectivity index is 2.13. The number of ketones is 1. The molecule has 24 heavy (non-hydrogen) atoms. The van der Waals surface area contributed by atoms with Gasteiger partial charge >= 0.3 is 0 Å². The fourth-order valence-electron chi connectivity index (χ4n) is 2.59. The molecule has 2 N–H and O–H groups in total. The third-order valence-corrected chi connectivity index (χ3v) is 3.73. The zero-order chi connectivity index (χ0) is 17.3. The van der Waals surface area contributed by atoms with Crippen LogP contribution in [0.3, 0.4) is 0 Å². The number of Topliss-reactive ketones (excluding diaryl/α,β-unsaturated/α-hetero) is 1. The van der Waals surface area contributed by atoms with Crippen molar-refractivity contribution in [3.8, 4) is 0 Å². The van der Waals surface area contributed by atoms with Gasteiger partial charge in [0.1, 0.15) is 5.76 Å². The molecule has 1 aliphatic heterocycles. The lowest BCUT2D eigenvalue weighted by Gasteiger charge is -2.13. The van der Waals surface area contributed by atoms with Crippen molar-refractivity contribution in [2.45, 2.75) is 6.04 Å². The number of nitro benzene ring substituents is 1. The van der Waals surface area contributed by atoms with Crippen molar-refractivity contribution >= 4 is 23.1 Å². The molecule has 1 atom stereocenters. The number of nitro groups is 1. The number of aliphatic hydroxyl groups excluding tert-OH is 1. The van der Waals surface area contributed by atoms with Gasteiger partial charge in [0.15, 0.2) is 0 Å². The van der Waals surface area contributed by atoms with E-state index in [1.54, 1.807) is 36.4 Å². The topological polar surface area (TPSA) is 110 Å². The lowest BCUT2D eigenvalue weighted by Crippen LogP contribution is -2.21. The van der Waals surface area contributed by atoms with Crippen LogP contribution in [-0.2, 0) is 9.59 Å². The summed E-state index contributed by atoms with van der Waals surface area (Å²) in [6.07, 6.45) is 0. The highest BCUT2D eigenvalue weighted by Gasteiger charge is 2.39. The van der Waals surface area contributed by atoms with Gasteiger partial charge in [-0.25, -0.2) is 0 Å². The summed E-state index contributed by atoms with van der Waals surface area (Å²) in [7, 11) is 0. The maximum absolute atomic E-state index is 12.2. The number of carbonyl (C=O) groups excluding carboxylic acids is 2. The van der Waals surface area contributed by atoms with E-state index in [2.05, 4.69) is 5.32 Å². The van der Waals surface area contributed by atoms with Crippen LogP contribution in [0.4, 0.5) is 5.69 Å². The van der Waals surface area contributed by atoms with E-state index in [0.717, 1.165) is 0 Å². The highest BCUT2D eigenvalue weighted by Crippen LogP contribution is 2.33. The number of non-ortho nitro benzene ring substituents is 1. The second kappa shape index (κ2) is 5.96. The fourth-order valence-corrected chi connectivity index (χ4v) is 2.59. The van der Waals surface area contributed by atoms with Crippen LogP contribution < -0.4 is 5.32 Å². The Kier molecular flexibility index (Phi) is 3.83. The van der Waals surface area contributed by atoms with E-state index in [9.17, 15) is 24.8 Å². The molecule has 0 unspecified atom stereocenters. The first kappa shape index (κ1) is 15.4. The largest absolute Gasteiger partial charge is 0.507 e. The molecule has 7 heteroatoms. The smallest absolute Gasteiger partial charge is 0.293 e. The van der Waals surface area contributed by atoms with Gasteiger partial charge in [-0.05, 0) is 5.56 Å². The number of nitrogens with one attached hydrogen (secondary N) is 1. The van der Waals surface area contributed by atoms with Gasteiger partial charge in [-0.3, -0.25) is 19.7 Å². The number of hydrogen-bond acceptors (Lipinski definition) is 5. The number of benzene rings is 2. The Labute approximate surface area is 136 Å². The van der Waals surface area contributed by atoms with Gasteiger partial charge in [0.2, 0.25) is 0 Å². The molecule has 0 radical (unpaired) electrons. The van der Waals surface area contributed by atoms with Crippen molar-refractivity contribution in [1.82, 2.24) is 5.32 Å². The van der Waals surface area contributed by atoms with E-state index in [-0.39, 0.29) is 17.0 Å². The highest BCUT2D eigenvalue weighted by atomic mass is 16.6. The molecule has 2 aromatic rings. The fraction of sp³-hybridized carbons (Fsp3) is 0.0588. The summed E-state index contributed by atoms with van der Waals surface area (Å²) in [5.41, 5.74) is 0.444. The molecule has 1 saturated heterocycles. The maximum Gasteiger partial charge on any atom is 0.293 e. The first-order chi connectivity index (χ1) is 11.5. The summed E-state index contributed by atoms with van der Waals surface area (Å²) >= 11 is 0. The standard InChI is InChI=1S/C17H12N2O5/c20-15(10-5-2-1-3-6-10)13-14(18-17(22)16(13)21)11-7-4-8-12(9-11)19(23)24/h1-9,14,20H,(H,18,22)/b15-13-/t14-/m1/s1. The second-order valence-corrected chi connectivity index (χ2v) is 5.22. The molecule has 1 heterocycles. The van der Waals surface area contributed by atoms with Crippen LogP contribution in [0, 0.1) is 10.1 Å². The molecule has 7 nitrogen and oxygen atoms in total. The SMILES string of the molecule is O=C1N[C@H](c2cccc([N+](=O)[O-])c2)/C(=C(/O)c2ccccc2)C1=O. The summed E-state index contributed by atoms with van der Waals surface area (Å²) in [4.78, 5) is 34.3. The van der Waals surface area contributed by atoms with Crippen LogP contribution >= 0.6 is 0 Å². The number of nitrogens with zero attached hydrogens (tertiary/aromatic N) is 1. The lowest BCUT2D eigenvalue weighted by molar-refractivity contribution is -0.384. The molecular weight excluding hydrogens is 312 g/mol. The Hall–Kier alpha value is -3.48. The molecule has 0 bridgehead atoms. The Morgan fingerprint density at radius 3 is 2.46 bits per heavy atom. The third-order valence-electron chi connectivity index (χ3n) is 3.73. The van der Waals surface area contributed by atoms with Crippen LogP contribution in [0.1, 0.15) is 17.2 Å². The van der Waals surface area contributed by atoms with Gasteiger partial charge in [0, 0.05) is 17.7 Å². The Morgan fingerprint density at radius 2 is 1.79 bits per heavy atom. The van der Waals surface area contributed by atoms with E-state index in [4.69, 9.17) is 0 Å². The normalized spacial score (nSPS) is 19.1. The summed E-state index contributed by atoms with van der Waals surface area (Å²) in [6.45, 7) is 0. The number of rotatable bonds is 3.